The van der Waals surface area contributed by atoms with Gasteiger partial charge in [0.2, 0.25) is 5.91 Å². The normalized spacial score (nSPS) is 17.1. The van der Waals surface area contributed by atoms with Gasteiger partial charge in [0.05, 0.1) is 19.3 Å². The maximum atomic E-state index is 12.3. The van der Waals surface area contributed by atoms with Gasteiger partial charge in [0.15, 0.2) is 5.13 Å². The summed E-state index contributed by atoms with van der Waals surface area (Å²) >= 11 is 1.43. The van der Waals surface area contributed by atoms with Gasteiger partial charge in [-0.1, -0.05) is 18.2 Å². The number of thiazole rings is 1. The first-order valence-corrected chi connectivity index (χ1v) is 10.6. The van der Waals surface area contributed by atoms with Crippen molar-refractivity contribution in [1.82, 2.24) is 14.9 Å². The van der Waals surface area contributed by atoms with Crippen LogP contribution in [0.15, 0.2) is 54.0 Å². The van der Waals surface area contributed by atoms with Crippen molar-refractivity contribution >= 4 is 22.4 Å². The van der Waals surface area contributed by atoms with E-state index in [4.69, 9.17) is 9.72 Å². The maximum absolute atomic E-state index is 12.3. The molecule has 6 nitrogen and oxygen atoms in total. The number of hydrogen-bond donors (Lipinski definition) is 1. The number of amides is 1. The van der Waals surface area contributed by atoms with E-state index in [1.54, 1.807) is 13.3 Å². The Labute approximate surface area is 174 Å². The van der Waals surface area contributed by atoms with Gasteiger partial charge >= 0.3 is 0 Å². The summed E-state index contributed by atoms with van der Waals surface area (Å²) in [5.74, 6) is 1.13. The first-order chi connectivity index (χ1) is 14.2. The predicted octanol–water partition coefficient (Wildman–Crippen LogP) is 4.03. The molecule has 2 aromatic heterocycles. The van der Waals surface area contributed by atoms with Crippen LogP contribution in [0.5, 0.6) is 5.75 Å². The Morgan fingerprint density at radius 1 is 1.31 bits per heavy atom. The average Bonchev–Trinajstić information content (AvgIpc) is 3.27. The second-order valence-corrected chi connectivity index (χ2v) is 8.03. The van der Waals surface area contributed by atoms with Crippen molar-refractivity contribution in [1.29, 1.82) is 0 Å². The third-order valence-corrected chi connectivity index (χ3v) is 5.79. The second kappa shape index (κ2) is 9.15. The molecular formula is C22H24N4O2S. The van der Waals surface area contributed by atoms with Crippen molar-refractivity contribution in [2.75, 3.05) is 32.1 Å². The number of benzene rings is 1. The lowest BCUT2D eigenvalue weighted by atomic mass is 9.94. The molecule has 1 fully saturated rings. The van der Waals surface area contributed by atoms with Crippen molar-refractivity contribution in [3.63, 3.8) is 0 Å². The molecule has 29 heavy (non-hydrogen) atoms. The van der Waals surface area contributed by atoms with E-state index < -0.39 is 0 Å². The molecule has 0 saturated carbocycles. The van der Waals surface area contributed by atoms with E-state index in [2.05, 4.69) is 27.3 Å². The van der Waals surface area contributed by atoms with Crippen LogP contribution in [0.3, 0.4) is 0 Å². The van der Waals surface area contributed by atoms with Gasteiger partial charge in [-0.15, -0.1) is 11.3 Å². The number of methoxy groups -OCH3 is 1. The number of aromatic nitrogens is 2. The number of piperidine rings is 1. The van der Waals surface area contributed by atoms with Crippen molar-refractivity contribution in [3.8, 4) is 17.0 Å². The fourth-order valence-corrected chi connectivity index (χ4v) is 4.25. The van der Waals surface area contributed by atoms with Crippen molar-refractivity contribution in [2.45, 2.75) is 18.8 Å². The van der Waals surface area contributed by atoms with Crippen LogP contribution in [0.25, 0.3) is 11.3 Å². The molecule has 0 aliphatic carbocycles. The minimum absolute atomic E-state index is 0.0151. The number of nitrogens with zero attached hydrogens (tertiary/aromatic N) is 3. The van der Waals surface area contributed by atoms with Crippen LogP contribution in [-0.2, 0) is 4.79 Å². The van der Waals surface area contributed by atoms with E-state index in [0.29, 0.717) is 17.6 Å². The number of likely N-dealkylation sites (tertiary alicyclic amines) is 1. The third-order valence-electron chi connectivity index (χ3n) is 5.11. The van der Waals surface area contributed by atoms with E-state index in [9.17, 15) is 4.79 Å². The number of rotatable bonds is 6. The summed E-state index contributed by atoms with van der Waals surface area (Å²) in [5, 5.41) is 5.37. The molecule has 1 aromatic carbocycles. The summed E-state index contributed by atoms with van der Waals surface area (Å²) in [6, 6.07) is 14.1. The summed E-state index contributed by atoms with van der Waals surface area (Å²) in [5.41, 5.74) is 3.07. The molecule has 0 spiro atoms. The molecule has 0 radical (unpaired) electrons. The zero-order chi connectivity index (χ0) is 20.1. The van der Waals surface area contributed by atoms with Crippen LogP contribution in [0.4, 0.5) is 5.13 Å². The Kier molecular flexibility index (Phi) is 6.17. The number of anilines is 1. The van der Waals surface area contributed by atoms with Gasteiger partial charge in [-0.3, -0.25) is 14.7 Å². The van der Waals surface area contributed by atoms with Crippen LogP contribution >= 0.6 is 11.3 Å². The SMILES string of the molecule is COc1cccc(-c2cccc(C3CCCN(CC(=O)Nc4nccs4)C3)n2)c1. The van der Waals surface area contributed by atoms with E-state index in [1.165, 1.54) is 11.3 Å². The fraction of sp³-hybridized carbons (Fsp3) is 0.318. The van der Waals surface area contributed by atoms with Crippen molar-refractivity contribution < 1.29 is 9.53 Å². The van der Waals surface area contributed by atoms with Crippen LogP contribution in [-0.4, -0.2) is 47.5 Å². The summed E-state index contributed by atoms with van der Waals surface area (Å²) < 4.78 is 5.34. The zero-order valence-corrected chi connectivity index (χ0v) is 17.2. The van der Waals surface area contributed by atoms with E-state index in [-0.39, 0.29) is 5.91 Å². The molecule has 150 valence electrons. The Morgan fingerprint density at radius 2 is 2.21 bits per heavy atom. The van der Waals surface area contributed by atoms with Gasteiger partial charge in [0, 0.05) is 35.3 Å². The van der Waals surface area contributed by atoms with Crippen LogP contribution in [0, 0.1) is 0 Å². The van der Waals surface area contributed by atoms with Crippen LogP contribution in [0.1, 0.15) is 24.5 Å². The number of hydrogen-bond acceptors (Lipinski definition) is 6. The maximum Gasteiger partial charge on any atom is 0.240 e. The quantitative estimate of drug-likeness (QED) is 0.667. The molecule has 7 heteroatoms. The smallest absolute Gasteiger partial charge is 0.240 e. The lowest BCUT2D eigenvalue weighted by Crippen LogP contribution is -2.40. The zero-order valence-electron chi connectivity index (χ0n) is 16.4. The molecule has 1 aliphatic heterocycles. The highest BCUT2D eigenvalue weighted by Crippen LogP contribution is 2.28. The minimum atomic E-state index is -0.0151. The molecule has 1 saturated heterocycles. The molecule has 4 rings (SSSR count). The lowest BCUT2D eigenvalue weighted by Gasteiger charge is -2.32. The number of ether oxygens (including phenoxy) is 1. The summed E-state index contributed by atoms with van der Waals surface area (Å²) in [6.45, 7) is 2.14. The van der Waals surface area contributed by atoms with E-state index >= 15 is 0 Å². The summed E-state index contributed by atoms with van der Waals surface area (Å²) in [4.78, 5) is 23.6. The predicted molar refractivity (Wildman–Crippen MR) is 115 cm³/mol. The fourth-order valence-electron chi connectivity index (χ4n) is 3.71. The first kappa shape index (κ1) is 19.5. The standard InChI is InChI=1S/C22H24N4O2S/c1-28-18-7-2-5-16(13-18)19-8-3-9-20(24-19)17-6-4-11-26(14-17)15-21(27)25-22-23-10-12-29-22/h2-3,5,7-10,12-13,17H,4,6,11,14-15H2,1H3,(H,23,25,27). The molecule has 1 N–H and O–H groups in total. The van der Waals surface area contributed by atoms with Gasteiger partial charge in [-0.25, -0.2) is 4.98 Å². The first-order valence-electron chi connectivity index (χ1n) is 9.74. The van der Waals surface area contributed by atoms with Crippen molar-refractivity contribution in [2.24, 2.45) is 0 Å². The molecule has 1 amide bonds. The van der Waals surface area contributed by atoms with Crippen molar-refractivity contribution in [3.05, 3.63) is 59.7 Å². The van der Waals surface area contributed by atoms with Gasteiger partial charge in [-0.2, -0.15) is 0 Å². The van der Waals surface area contributed by atoms with Gasteiger partial charge in [0.1, 0.15) is 5.75 Å². The highest BCUT2D eigenvalue weighted by molar-refractivity contribution is 7.13. The third kappa shape index (κ3) is 4.99. The lowest BCUT2D eigenvalue weighted by molar-refractivity contribution is -0.117. The highest BCUT2D eigenvalue weighted by atomic mass is 32.1. The van der Waals surface area contributed by atoms with E-state index in [0.717, 1.165) is 48.6 Å². The molecule has 3 heterocycles. The summed E-state index contributed by atoms with van der Waals surface area (Å²) in [6.07, 6.45) is 3.83. The van der Waals surface area contributed by atoms with Gasteiger partial charge < -0.3 is 10.1 Å². The molecule has 1 aliphatic rings. The van der Waals surface area contributed by atoms with Gasteiger partial charge in [-0.05, 0) is 43.7 Å². The number of carbonyl (C=O) groups is 1. The van der Waals surface area contributed by atoms with Gasteiger partial charge in [0.25, 0.3) is 0 Å². The molecular weight excluding hydrogens is 384 g/mol. The number of nitrogens with one attached hydrogen (secondary N) is 1. The average molecular weight is 409 g/mol. The van der Waals surface area contributed by atoms with Crippen LogP contribution < -0.4 is 10.1 Å². The number of carbonyl (C=O) groups excluding carboxylic acids is 1. The molecule has 1 unspecified atom stereocenters. The molecule has 3 aromatic rings. The minimum Gasteiger partial charge on any atom is -0.497 e. The van der Waals surface area contributed by atoms with Crippen LogP contribution in [0.2, 0.25) is 0 Å². The Bertz CT molecular complexity index is 961. The Hall–Kier alpha value is -2.77. The Balaban J connectivity index is 1.43. The largest absolute Gasteiger partial charge is 0.497 e. The molecule has 0 bridgehead atoms. The number of pyridine rings is 1. The molecule has 1 atom stereocenters. The second-order valence-electron chi connectivity index (χ2n) is 7.14. The summed E-state index contributed by atoms with van der Waals surface area (Å²) in [7, 11) is 1.67. The Morgan fingerprint density at radius 3 is 3.03 bits per heavy atom. The van der Waals surface area contributed by atoms with E-state index in [1.807, 2.05) is 35.7 Å². The topological polar surface area (TPSA) is 67.3 Å². The monoisotopic (exact) mass is 408 g/mol. The highest BCUT2D eigenvalue weighted by Gasteiger charge is 2.24.